The van der Waals surface area contributed by atoms with Crippen LogP contribution in [0, 0.1) is 0 Å². The summed E-state index contributed by atoms with van der Waals surface area (Å²) >= 11 is 0. The molecule has 1 aliphatic carbocycles. The zero-order valence-corrected chi connectivity index (χ0v) is 14.2. The Balaban J connectivity index is 1.37. The Morgan fingerprint density at radius 3 is 2.72 bits per heavy atom. The Labute approximate surface area is 147 Å². The largest absolute Gasteiger partial charge is 0.448 e. The van der Waals surface area contributed by atoms with Gasteiger partial charge in [0.1, 0.15) is 0 Å². The highest BCUT2D eigenvalue weighted by molar-refractivity contribution is 5.91. The van der Waals surface area contributed by atoms with Crippen LogP contribution in [0.1, 0.15) is 44.2 Å². The molecule has 25 heavy (non-hydrogen) atoms. The predicted octanol–water partition coefficient (Wildman–Crippen LogP) is 4.08. The van der Waals surface area contributed by atoms with E-state index in [0.29, 0.717) is 12.8 Å². The second-order valence-corrected chi connectivity index (χ2v) is 6.71. The smallest absolute Gasteiger partial charge is 0.251 e. The monoisotopic (exact) mass is 338 g/mol. The average Bonchev–Trinajstić information content (AvgIpc) is 2.98. The topological polar surface area (TPSA) is 60.5 Å². The van der Waals surface area contributed by atoms with E-state index in [2.05, 4.69) is 10.3 Å². The number of pyridine rings is 1. The van der Waals surface area contributed by atoms with Crippen molar-refractivity contribution < 1.29 is 14.3 Å². The van der Waals surface area contributed by atoms with Gasteiger partial charge in [-0.3, -0.25) is 9.78 Å². The second-order valence-electron chi connectivity index (χ2n) is 6.71. The van der Waals surface area contributed by atoms with Crippen molar-refractivity contribution in [1.29, 1.82) is 0 Å². The van der Waals surface area contributed by atoms with Crippen LogP contribution < -0.4 is 14.8 Å². The van der Waals surface area contributed by atoms with Gasteiger partial charge in [0.15, 0.2) is 11.5 Å². The first kappa shape index (κ1) is 15.9. The molecule has 1 saturated carbocycles. The molecule has 5 heteroatoms. The number of benzene rings is 1. The van der Waals surface area contributed by atoms with Gasteiger partial charge in [0.25, 0.3) is 5.79 Å². The minimum absolute atomic E-state index is 0.0306. The third-order valence-electron chi connectivity index (χ3n) is 4.77. The average molecular weight is 338 g/mol. The van der Waals surface area contributed by atoms with Crippen molar-refractivity contribution >= 4 is 11.6 Å². The number of hydrogen-bond acceptors (Lipinski definition) is 4. The lowest BCUT2D eigenvalue weighted by atomic mass is 9.94. The molecule has 0 radical (unpaired) electrons. The molecule has 5 nitrogen and oxygen atoms in total. The van der Waals surface area contributed by atoms with Gasteiger partial charge in [-0.15, -0.1) is 0 Å². The van der Waals surface area contributed by atoms with E-state index in [1.54, 1.807) is 6.20 Å². The molecule has 1 spiro atoms. The first-order valence-corrected chi connectivity index (χ1v) is 8.94. The van der Waals surface area contributed by atoms with Crippen molar-refractivity contribution in [2.45, 2.75) is 50.7 Å². The van der Waals surface area contributed by atoms with Gasteiger partial charge in [-0.1, -0.05) is 12.5 Å². The summed E-state index contributed by atoms with van der Waals surface area (Å²) in [5, 5.41) is 2.93. The minimum atomic E-state index is -0.484. The highest BCUT2D eigenvalue weighted by Crippen LogP contribution is 2.46. The lowest BCUT2D eigenvalue weighted by Crippen LogP contribution is -2.40. The summed E-state index contributed by atoms with van der Waals surface area (Å²) in [7, 11) is 0. The SMILES string of the molecule is O=C(CCc1ccccn1)Nc1ccc2c(c1)OC1(CCCCC1)O2. The van der Waals surface area contributed by atoms with Crippen LogP contribution in [0.25, 0.3) is 0 Å². The molecule has 1 amide bonds. The normalized spacial score (nSPS) is 17.4. The number of anilines is 1. The van der Waals surface area contributed by atoms with E-state index in [4.69, 9.17) is 9.47 Å². The van der Waals surface area contributed by atoms with Crippen LogP contribution in [0.5, 0.6) is 11.5 Å². The third kappa shape index (κ3) is 3.60. The van der Waals surface area contributed by atoms with Gasteiger partial charge in [0.05, 0.1) is 0 Å². The maximum Gasteiger partial charge on any atom is 0.251 e. The molecule has 0 atom stereocenters. The number of fused-ring (bicyclic) bond motifs is 1. The molecule has 1 aromatic heterocycles. The molecule has 4 rings (SSSR count). The fraction of sp³-hybridized carbons (Fsp3) is 0.400. The predicted molar refractivity (Wildman–Crippen MR) is 94.7 cm³/mol. The van der Waals surface area contributed by atoms with Crippen LogP contribution in [0.15, 0.2) is 42.6 Å². The van der Waals surface area contributed by atoms with Crippen LogP contribution >= 0.6 is 0 Å². The van der Waals surface area contributed by atoms with Crippen molar-refractivity contribution in [2.24, 2.45) is 0 Å². The quantitative estimate of drug-likeness (QED) is 0.912. The van der Waals surface area contributed by atoms with E-state index in [1.165, 1.54) is 6.42 Å². The van der Waals surface area contributed by atoms with E-state index in [0.717, 1.165) is 48.6 Å². The molecular weight excluding hydrogens is 316 g/mol. The van der Waals surface area contributed by atoms with E-state index in [1.807, 2.05) is 36.4 Å². The molecule has 1 N–H and O–H groups in total. The molecule has 1 aliphatic heterocycles. The van der Waals surface area contributed by atoms with Gasteiger partial charge in [-0.05, 0) is 43.5 Å². The van der Waals surface area contributed by atoms with Gasteiger partial charge in [-0.25, -0.2) is 0 Å². The maximum atomic E-state index is 12.2. The summed E-state index contributed by atoms with van der Waals surface area (Å²) in [5.41, 5.74) is 1.66. The second kappa shape index (κ2) is 6.75. The Morgan fingerprint density at radius 1 is 1.08 bits per heavy atom. The summed E-state index contributed by atoms with van der Waals surface area (Å²) in [6.45, 7) is 0. The number of aromatic nitrogens is 1. The molecule has 2 heterocycles. The number of nitrogens with one attached hydrogen (secondary N) is 1. The summed E-state index contributed by atoms with van der Waals surface area (Å²) < 4.78 is 12.2. The van der Waals surface area contributed by atoms with Gasteiger partial charge in [-0.2, -0.15) is 0 Å². The zero-order chi connectivity index (χ0) is 17.1. The van der Waals surface area contributed by atoms with Crippen LogP contribution in [-0.4, -0.2) is 16.7 Å². The zero-order valence-electron chi connectivity index (χ0n) is 14.2. The molecular formula is C20H22N2O3. The number of nitrogens with zero attached hydrogens (tertiary/aromatic N) is 1. The number of hydrogen-bond donors (Lipinski definition) is 1. The summed E-state index contributed by atoms with van der Waals surface area (Å²) in [4.78, 5) is 16.4. The maximum absolute atomic E-state index is 12.2. The Morgan fingerprint density at radius 2 is 1.92 bits per heavy atom. The molecule has 0 unspecified atom stereocenters. The van der Waals surface area contributed by atoms with Crippen LogP contribution in [-0.2, 0) is 11.2 Å². The van der Waals surface area contributed by atoms with Crippen molar-refractivity contribution in [3.05, 3.63) is 48.3 Å². The molecule has 2 aromatic rings. The highest BCUT2D eigenvalue weighted by atomic mass is 16.7. The number of amides is 1. The van der Waals surface area contributed by atoms with Crippen LogP contribution in [0.4, 0.5) is 5.69 Å². The number of rotatable bonds is 4. The van der Waals surface area contributed by atoms with Crippen molar-refractivity contribution in [3.8, 4) is 11.5 Å². The summed E-state index contributed by atoms with van der Waals surface area (Å²) in [6, 6.07) is 11.3. The standard InChI is InChI=1S/C20H22N2O3/c23-19(10-8-15-6-2-5-13-21-15)22-16-7-9-17-18(14-16)25-20(24-17)11-3-1-4-12-20/h2,5-7,9,13-14H,1,3-4,8,10-12H2,(H,22,23). The number of ether oxygens (including phenoxy) is 2. The van der Waals surface area contributed by atoms with E-state index < -0.39 is 5.79 Å². The molecule has 0 bridgehead atoms. The third-order valence-corrected chi connectivity index (χ3v) is 4.77. The van der Waals surface area contributed by atoms with Gasteiger partial charge >= 0.3 is 0 Å². The van der Waals surface area contributed by atoms with E-state index in [-0.39, 0.29) is 5.91 Å². The van der Waals surface area contributed by atoms with E-state index >= 15 is 0 Å². The summed E-state index contributed by atoms with van der Waals surface area (Å²) in [6.07, 6.45) is 8.11. The molecule has 2 aliphatic rings. The fourth-order valence-electron chi connectivity index (χ4n) is 3.48. The first-order chi connectivity index (χ1) is 12.2. The Hall–Kier alpha value is -2.56. The van der Waals surface area contributed by atoms with Crippen molar-refractivity contribution in [3.63, 3.8) is 0 Å². The number of carbonyl (C=O) groups excluding carboxylic acids is 1. The Kier molecular flexibility index (Phi) is 4.30. The lowest BCUT2D eigenvalue weighted by Gasteiger charge is -2.31. The number of carbonyl (C=O) groups is 1. The molecule has 130 valence electrons. The summed E-state index contributed by atoms with van der Waals surface area (Å²) in [5.74, 6) is 0.983. The fourth-order valence-corrected chi connectivity index (χ4v) is 3.48. The van der Waals surface area contributed by atoms with E-state index in [9.17, 15) is 4.79 Å². The lowest BCUT2D eigenvalue weighted by molar-refractivity contribution is -0.116. The van der Waals surface area contributed by atoms with Crippen LogP contribution in [0.2, 0.25) is 0 Å². The van der Waals surface area contributed by atoms with Crippen molar-refractivity contribution in [2.75, 3.05) is 5.32 Å². The highest BCUT2D eigenvalue weighted by Gasteiger charge is 2.42. The Bertz CT molecular complexity index is 755. The van der Waals surface area contributed by atoms with Gasteiger partial charge < -0.3 is 14.8 Å². The van der Waals surface area contributed by atoms with Gasteiger partial charge in [0, 0.05) is 42.9 Å². The number of aryl methyl sites for hydroxylation is 1. The molecule has 0 saturated heterocycles. The van der Waals surface area contributed by atoms with Gasteiger partial charge in [0.2, 0.25) is 5.91 Å². The first-order valence-electron chi connectivity index (χ1n) is 8.94. The molecule has 1 fully saturated rings. The molecule has 1 aromatic carbocycles. The minimum Gasteiger partial charge on any atom is -0.448 e. The van der Waals surface area contributed by atoms with Crippen molar-refractivity contribution in [1.82, 2.24) is 4.98 Å². The van der Waals surface area contributed by atoms with Crippen LogP contribution in [0.3, 0.4) is 0 Å².